The predicted molar refractivity (Wildman–Crippen MR) is 118 cm³/mol. The minimum Gasteiger partial charge on any atom is -0.495 e. The fraction of sp³-hybridized carbons (Fsp3) is 0.136. The molecule has 7 nitrogen and oxygen atoms in total. The smallest absolute Gasteiger partial charge is 0.336 e. The van der Waals surface area contributed by atoms with Crippen molar-refractivity contribution >= 4 is 33.1 Å². The predicted octanol–water partition coefficient (Wildman–Crippen LogP) is 3.31. The Kier molecular flexibility index (Phi) is 5.43. The Morgan fingerprint density at radius 2 is 1.94 bits per heavy atom. The highest BCUT2D eigenvalue weighted by Gasteiger charge is 2.18. The Hall–Kier alpha value is -3.72. The van der Waals surface area contributed by atoms with E-state index < -0.39 is 23.0 Å². The molecule has 0 aliphatic heterocycles. The first-order valence-electron chi connectivity index (χ1n) is 9.33. The van der Waals surface area contributed by atoms with Crippen LogP contribution in [-0.2, 0) is 11.3 Å². The largest absolute Gasteiger partial charge is 0.495 e. The molecule has 0 bridgehead atoms. The van der Waals surface area contributed by atoms with Gasteiger partial charge >= 0.3 is 5.69 Å². The third-order valence-corrected chi connectivity index (χ3v) is 5.73. The second-order valence-corrected chi connectivity index (χ2v) is 7.74. The van der Waals surface area contributed by atoms with Gasteiger partial charge in [-0.15, -0.1) is 11.3 Å². The molecule has 0 fully saturated rings. The maximum Gasteiger partial charge on any atom is 0.336 e. The van der Waals surface area contributed by atoms with Crippen LogP contribution in [0, 0.1) is 12.7 Å². The molecule has 0 radical (unpaired) electrons. The summed E-state index contributed by atoms with van der Waals surface area (Å²) in [7, 11) is 1.49. The summed E-state index contributed by atoms with van der Waals surface area (Å²) >= 11 is 1.17. The topological polar surface area (TPSA) is 82.3 Å². The van der Waals surface area contributed by atoms with Gasteiger partial charge in [0.2, 0.25) is 5.91 Å². The number of rotatable bonds is 5. The molecular formula is C22H18FN3O4S. The molecule has 4 aromatic rings. The van der Waals surface area contributed by atoms with Crippen LogP contribution in [0.2, 0.25) is 0 Å². The molecule has 0 atom stereocenters. The number of ether oxygens (including phenoxy) is 1. The summed E-state index contributed by atoms with van der Waals surface area (Å²) in [6.07, 6.45) is 0. The molecule has 0 spiro atoms. The average molecular weight is 439 g/mol. The fourth-order valence-electron chi connectivity index (χ4n) is 3.32. The van der Waals surface area contributed by atoms with E-state index in [1.165, 1.54) is 41.2 Å². The van der Waals surface area contributed by atoms with E-state index in [0.29, 0.717) is 27.2 Å². The van der Waals surface area contributed by atoms with Crippen LogP contribution in [0.15, 0.2) is 63.5 Å². The van der Waals surface area contributed by atoms with E-state index in [1.807, 2.05) is 0 Å². The van der Waals surface area contributed by atoms with Crippen molar-refractivity contribution in [3.05, 3.63) is 86.1 Å². The van der Waals surface area contributed by atoms with Crippen molar-refractivity contribution in [3.8, 4) is 11.4 Å². The standard InChI is InChI=1S/C22H18FN3O4S/c1-13-11-14(7-8-15(13)23)26-21(28)20-17(9-10-31-20)25(22(26)29)12-19(27)24-16-5-3-4-6-18(16)30-2/h3-11H,12H2,1-2H3,(H,24,27). The van der Waals surface area contributed by atoms with Crippen molar-refractivity contribution in [1.29, 1.82) is 0 Å². The number of thiophene rings is 1. The summed E-state index contributed by atoms with van der Waals surface area (Å²) < 4.78 is 21.5. The molecule has 2 aromatic heterocycles. The molecule has 0 aliphatic carbocycles. The first kappa shape index (κ1) is 20.5. The lowest BCUT2D eigenvalue weighted by atomic mass is 10.2. The van der Waals surface area contributed by atoms with Gasteiger partial charge in [-0.1, -0.05) is 12.1 Å². The van der Waals surface area contributed by atoms with Gasteiger partial charge in [0, 0.05) is 0 Å². The first-order valence-corrected chi connectivity index (χ1v) is 10.2. The summed E-state index contributed by atoms with van der Waals surface area (Å²) in [6.45, 7) is 1.23. The molecule has 2 heterocycles. The third kappa shape index (κ3) is 3.75. The lowest BCUT2D eigenvalue weighted by molar-refractivity contribution is -0.116. The highest BCUT2D eigenvalue weighted by molar-refractivity contribution is 7.17. The van der Waals surface area contributed by atoms with Crippen LogP contribution in [0.4, 0.5) is 10.1 Å². The van der Waals surface area contributed by atoms with E-state index in [9.17, 15) is 18.8 Å². The number of para-hydroxylation sites is 2. The summed E-state index contributed by atoms with van der Waals surface area (Å²) in [5.41, 5.74) is 0.176. The molecule has 0 saturated carbocycles. The second kappa shape index (κ2) is 8.19. The number of amides is 1. The van der Waals surface area contributed by atoms with E-state index in [0.717, 1.165) is 4.57 Å². The van der Waals surface area contributed by atoms with Gasteiger partial charge in [0.25, 0.3) is 5.56 Å². The van der Waals surface area contributed by atoms with Gasteiger partial charge in [0.05, 0.1) is 24.0 Å². The maximum atomic E-state index is 13.7. The van der Waals surface area contributed by atoms with Crippen molar-refractivity contribution in [3.63, 3.8) is 0 Å². The average Bonchev–Trinajstić information content (AvgIpc) is 3.24. The summed E-state index contributed by atoms with van der Waals surface area (Å²) in [6, 6.07) is 12.5. The quantitative estimate of drug-likeness (QED) is 0.517. The van der Waals surface area contributed by atoms with Crippen molar-refractivity contribution in [2.45, 2.75) is 13.5 Å². The molecule has 1 amide bonds. The van der Waals surface area contributed by atoms with Gasteiger partial charge in [0.15, 0.2) is 0 Å². The van der Waals surface area contributed by atoms with Crippen LogP contribution in [0.25, 0.3) is 15.9 Å². The van der Waals surface area contributed by atoms with Crippen LogP contribution in [0.1, 0.15) is 5.56 Å². The van der Waals surface area contributed by atoms with Gasteiger partial charge in [0.1, 0.15) is 22.8 Å². The highest BCUT2D eigenvalue weighted by atomic mass is 32.1. The number of aromatic nitrogens is 2. The number of benzene rings is 2. The van der Waals surface area contributed by atoms with Gasteiger partial charge in [-0.25, -0.2) is 13.8 Å². The number of nitrogens with one attached hydrogen (secondary N) is 1. The van der Waals surface area contributed by atoms with Crippen molar-refractivity contribution in [2.75, 3.05) is 12.4 Å². The lowest BCUT2D eigenvalue weighted by Crippen LogP contribution is -2.40. The van der Waals surface area contributed by atoms with Crippen molar-refractivity contribution in [1.82, 2.24) is 9.13 Å². The molecule has 1 N–H and O–H groups in total. The Bertz CT molecular complexity index is 1420. The zero-order chi connectivity index (χ0) is 22.1. The van der Waals surface area contributed by atoms with Gasteiger partial charge in [-0.05, 0) is 54.3 Å². The number of aryl methyl sites for hydroxylation is 1. The number of carbonyl (C=O) groups is 1. The monoisotopic (exact) mass is 439 g/mol. The number of hydrogen-bond donors (Lipinski definition) is 1. The minimum atomic E-state index is -0.683. The van der Waals surface area contributed by atoms with E-state index in [1.54, 1.807) is 42.6 Å². The molecule has 0 aliphatic rings. The van der Waals surface area contributed by atoms with E-state index >= 15 is 0 Å². The van der Waals surface area contributed by atoms with E-state index in [-0.39, 0.29) is 12.2 Å². The van der Waals surface area contributed by atoms with Gasteiger partial charge in [-0.2, -0.15) is 0 Å². The number of methoxy groups -OCH3 is 1. The Morgan fingerprint density at radius 1 is 1.16 bits per heavy atom. The minimum absolute atomic E-state index is 0.239. The number of nitrogens with zero attached hydrogens (tertiary/aromatic N) is 2. The highest BCUT2D eigenvalue weighted by Crippen LogP contribution is 2.23. The molecule has 4 rings (SSSR count). The van der Waals surface area contributed by atoms with Crippen LogP contribution in [0.5, 0.6) is 5.75 Å². The van der Waals surface area contributed by atoms with E-state index in [2.05, 4.69) is 5.32 Å². The lowest BCUT2D eigenvalue weighted by Gasteiger charge is -2.14. The summed E-state index contributed by atoms with van der Waals surface area (Å²) in [5.74, 6) is -0.416. The summed E-state index contributed by atoms with van der Waals surface area (Å²) in [5, 5.41) is 4.41. The van der Waals surface area contributed by atoms with Crippen LogP contribution < -0.4 is 21.3 Å². The third-order valence-electron chi connectivity index (χ3n) is 4.84. The van der Waals surface area contributed by atoms with Gasteiger partial charge < -0.3 is 10.1 Å². The maximum absolute atomic E-state index is 13.7. The molecule has 0 unspecified atom stereocenters. The van der Waals surface area contributed by atoms with Gasteiger partial charge in [-0.3, -0.25) is 14.2 Å². The SMILES string of the molecule is COc1ccccc1NC(=O)Cn1c(=O)n(-c2ccc(F)c(C)c2)c(=O)c2sccc21. The zero-order valence-electron chi connectivity index (χ0n) is 16.7. The molecule has 158 valence electrons. The molecule has 31 heavy (non-hydrogen) atoms. The van der Waals surface area contributed by atoms with Crippen LogP contribution >= 0.6 is 11.3 Å². The van der Waals surface area contributed by atoms with Crippen molar-refractivity contribution < 1.29 is 13.9 Å². The Labute approximate surface area is 180 Å². The fourth-order valence-corrected chi connectivity index (χ4v) is 4.14. The number of halogens is 1. The first-order chi connectivity index (χ1) is 14.9. The Morgan fingerprint density at radius 3 is 2.68 bits per heavy atom. The summed E-state index contributed by atoms with van der Waals surface area (Å²) in [4.78, 5) is 38.9. The second-order valence-electron chi connectivity index (χ2n) is 6.83. The number of carbonyl (C=O) groups excluding carboxylic acids is 1. The number of hydrogen-bond acceptors (Lipinski definition) is 5. The molecule has 0 saturated heterocycles. The number of fused-ring (bicyclic) bond motifs is 1. The van der Waals surface area contributed by atoms with E-state index in [4.69, 9.17) is 4.74 Å². The van der Waals surface area contributed by atoms with Crippen molar-refractivity contribution in [2.24, 2.45) is 0 Å². The molecular weight excluding hydrogens is 421 g/mol. The normalized spacial score (nSPS) is 10.9. The molecule has 2 aromatic carbocycles. The Balaban J connectivity index is 1.80. The van der Waals surface area contributed by atoms with Crippen LogP contribution in [-0.4, -0.2) is 22.2 Å². The van der Waals surface area contributed by atoms with Crippen LogP contribution in [0.3, 0.4) is 0 Å². The number of anilines is 1. The molecule has 9 heteroatoms. The zero-order valence-corrected chi connectivity index (χ0v) is 17.5.